The van der Waals surface area contributed by atoms with E-state index in [0.717, 1.165) is 31.9 Å². The second kappa shape index (κ2) is 9.34. The lowest BCUT2D eigenvalue weighted by Gasteiger charge is -2.20. The fourth-order valence-corrected chi connectivity index (χ4v) is 6.68. The fraction of sp³-hybridized carbons (Fsp3) is 0.0769. The van der Waals surface area contributed by atoms with Crippen molar-refractivity contribution in [1.82, 2.24) is 0 Å². The minimum Gasteiger partial charge on any atom is -0.454 e. The zero-order valence-electron chi connectivity index (χ0n) is 17.5. The third kappa shape index (κ3) is 4.37. The zero-order valence-corrected chi connectivity index (χ0v) is 20.0. The van der Waals surface area contributed by atoms with Crippen LogP contribution in [0.2, 0.25) is 0 Å². The van der Waals surface area contributed by atoms with Gasteiger partial charge in [0.25, 0.3) is 0 Å². The number of hydrogen-bond donors (Lipinski definition) is 0. The Hall–Kier alpha value is -3.21. The van der Waals surface area contributed by atoms with E-state index in [1.165, 1.54) is 0 Å². The first kappa shape index (κ1) is 21.6. The molecule has 0 unspecified atom stereocenters. The van der Waals surface area contributed by atoms with Gasteiger partial charge in [-0.3, -0.25) is 0 Å². The number of halogens is 1. The van der Waals surface area contributed by atoms with E-state index in [-0.39, 0.29) is 6.79 Å². The van der Waals surface area contributed by atoms with Crippen LogP contribution in [0.1, 0.15) is 0 Å². The van der Waals surface area contributed by atoms with Gasteiger partial charge < -0.3 is 23.5 Å². The Morgan fingerprint density at radius 3 is 1.61 bits per heavy atom. The van der Waals surface area contributed by atoms with E-state index in [0.29, 0.717) is 18.3 Å². The molecule has 0 spiro atoms. The Labute approximate surface area is 200 Å². The lowest BCUT2D eigenvalue weighted by molar-refractivity contribution is 0.173. The van der Waals surface area contributed by atoms with Crippen molar-refractivity contribution in [3.63, 3.8) is 0 Å². The third-order valence-electron chi connectivity index (χ3n) is 5.29. The number of fused-ring (bicyclic) bond motifs is 2. The number of hydrogen-bond acceptors (Lipinski definition) is 5. The molecule has 0 aliphatic carbocycles. The summed E-state index contributed by atoms with van der Waals surface area (Å²) in [7, 11) is -2.94. The number of rotatable bonds is 3. The molecule has 166 valence electrons. The summed E-state index contributed by atoms with van der Waals surface area (Å²) in [4.78, 5) is 0. The molecule has 4 aromatic rings. The minimum absolute atomic E-state index is 0.208. The Morgan fingerprint density at radius 2 is 1.03 bits per heavy atom. The van der Waals surface area contributed by atoms with E-state index in [4.69, 9.17) is 18.9 Å². The van der Waals surface area contributed by atoms with Crippen molar-refractivity contribution in [2.24, 2.45) is 0 Å². The van der Waals surface area contributed by atoms with E-state index >= 15 is 0 Å². The van der Waals surface area contributed by atoms with Gasteiger partial charge in [0.05, 0.1) is 0 Å². The molecule has 33 heavy (non-hydrogen) atoms. The van der Waals surface area contributed by atoms with Crippen LogP contribution in [0.15, 0.2) is 102 Å². The van der Waals surface area contributed by atoms with Crippen LogP contribution in [0, 0.1) is 0 Å². The summed E-state index contributed by atoms with van der Waals surface area (Å²) in [5.41, 5.74) is 0. The summed E-state index contributed by atoms with van der Waals surface area (Å²) in [6.45, 7) is 0.547. The van der Waals surface area contributed by atoms with Crippen LogP contribution in [-0.2, 0) is 4.57 Å². The van der Waals surface area contributed by atoms with Crippen molar-refractivity contribution < 1.29 is 23.5 Å². The van der Waals surface area contributed by atoms with E-state index in [1.807, 2.05) is 97.1 Å². The molecule has 0 radical (unpaired) electrons. The molecule has 0 fully saturated rings. The predicted molar refractivity (Wildman–Crippen MR) is 132 cm³/mol. The van der Waals surface area contributed by atoms with Crippen LogP contribution in [0.25, 0.3) is 0 Å². The Bertz CT molecular complexity index is 1270. The molecule has 2 aliphatic rings. The maximum absolute atomic E-state index is 14.1. The first-order chi connectivity index (χ1) is 16.1. The van der Waals surface area contributed by atoms with Gasteiger partial charge in [-0.2, -0.15) is 0 Å². The van der Waals surface area contributed by atoms with E-state index < -0.39 is 7.14 Å². The highest BCUT2D eigenvalue weighted by atomic mass is 79.9. The highest BCUT2D eigenvalue weighted by Crippen LogP contribution is 2.44. The third-order valence-corrected chi connectivity index (χ3v) is 8.84. The van der Waals surface area contributed by atoms with Gasteiger partial charge in [0.1, 0.15) is 0 Å². The maximum Gasteiger partial charge on any atom is 0.231 e. The van der Waals surface area contributed by atoms with Crippen LogP contribution >= 0.6 is 23.1 Å². The summed E-state index contributed by atoms with van der Waals surface area (Å²) < 4.78 is 36.2. The predicted octanol–water partition coefficient (Wildman–Crippen LogP) is 5.23. The molecular weight excluding hydrogens is 503 g/mol. The average Bonchev–Trinajstić information content (AvgIpc) is 3.53. The van der Waals surface area contributed by atoms with E-state index in [2.05, 4.69) is 15.9 Å². The molecule has 0 aromatic heterocycles. The average molecular weight is 523 g/mol. The van der Waals surface area contributed by atoms with Gasteiger partial charge in [-0.25, -0.2) is 0 Å². The summed E-state index contributed by atoms with van der Waals surface area (Å²) in [5, 5.41) is 2.37. The van der Waals surface area contributed by atoms with Gasteiger partial charge in [-0.1, -0.05) is 76.6 Å². The maximum atomic E-state index is 14.1. The molecule has 0 N–H and O–H groups in total. The molecule has 6 rings (SSSR count). The Kier molecular flexibility index (Phi) is 6.12. The molecule has 2 aliphatic heterocycles. The van der Waals surface area contributed by atoms with Crippen molar-refractivity contribution in [3.8, 4) is 23.0 Å². The van der Waals surface area contributed by atoms with Crippen LogP contribution in [-0.4, -0.2) is 13.6 Å². The van der Waals surface area contributed by atoms with Gasteiger partial charge in [-0.05, 0) is 36.4 Å². The molecule has 0 saturated carbocycles. The normalized spacial score (nSPS) is 13.2. The zero-order chi connectivity index (χ0) is 22.7. The first-order valence-electron chi connectivity index (χ1n) is 10.3. The molecule has 0 atom stereocenters. The summed E-state index contributed by atoms with van der Waals surface area (Å²) >= 11 is 3.33. The minimum atomic E-state index is -2.94. The number of ether oxygens (including phenoxy) is 4. The topological polar surface area (TPSA) is 54.0 Å². The van der Waals surface area contributed by atoms with Crippen LogP contribution in [0.4, 0.5) is 0 Å². The highest BCUT2D eigenvalue weighted by molar-refractivity contribution is 9.10. The molecule has 5 nitrogen and oxygen atoms in total. The van der Waals surface area contributed by atoms with Gasteiger partial charge >= 0.3 is 0 Å². The lowest BCUT2D eigenvalue weighted by atomic mass is 10.3. The molecule has 0 saturated heterocycles. The fourth-order valence-electron chi connectivity index (χ4n) is 3.67. The van der Waals surface area contributed by atoms with Crippen LogP contribution in [0.3, 0.4) is 0 Å². The van der Waals surface area contributed by atoms with Crippen molar-refractivity contribution >= 4 is 39.0 Å². The van der Waals surface area contributed by atoms with E-state index in [1.54, 1.807) is 0 Å². The first-order valence-corrected chi connectivity index (χ1v) is 12.8. The molecule has 2 heterocycles. The molecule has 0 bridgehead atoms. The SMILES string of the molecule is Brc1ccc2c(c1)OCO2.O=P(c1ccccc1)(c1ccccc1)c1ccc2c(c1)OCO2. The Morgan fingerprint density at radius 1 is 0.545 bits per heavy atom. The standard InChI is InChI=1S/C19H15O3P.C7H5BrO2/c20-23(15-7-3-1-4-8-15,16-9-5-2-6-10-16)17-11-12-18-19(13-17)22-14-21-18;8-5-1-2-6-7(3-5)10-4-9-6/h1-13H,14H2;1-3H,4H2. The van der Waals surface area contributed by atoms with Gasteiger partial charge in [0.2, 0.25) is 13.6 Å². The van der Waals surface area contributed by atoms with Gasteiger partial charge in [0, 0.05) is 20.4 Å². The largest absolute Gasteiger partial charge is 0.454 e. The molecular formula is C26H20BrO5P. The van der Waals surface area contributed by atoms with Crippen molar-refractivity contribution in [2.75, 3.05) is 13.6 Å². The van der Waals surface area contributed by atoms with Crippen LogP contribution in [0.5, 0.6) is 23.0 Å². The van der Waals surface area contributed by atoms with Gasteiger partial charge in [-0.15, -0.1) is 0 Å². The second-order valence-electron chi connectivity index (χ2n) is 7.32. The lowest BCUT2D eigenvalue weighted by Crippen LogP contribution is -2.24. The summed E-state index contributed by atoms with van der Waals surface area (Å²) in [5.74, 6) is 2.98. The van der Waals surface area contributed by atoms with Crippen molar-refractivity contribution in [1.29, 1.82) is 0 Å². The van der Waals surface area contributed by atoms with Crippen LogP contribution < -0.4 is 34.9 Å². The second-order valence-corrected chi connectivity index (χ2v) is 11.0. The molecule has 0 amide bonds. The summed E-state index contributed by atoms with van der Waals surface area (Å²) in [6, 6.07) is 30.4. The van der Waals surface area contributed by atoms with E-state index in [9.17, 15) is 4.57 Å². The monoisotopic (exact) mass is 522 g/mol. The molecule has 7 heteroatoms. The van der Waals surface area contributed by atoms with Crippen molar-refractivity contribution in [2.45, 2.75) is 0 Å². The molecule has 4 aromatic carbocycles. The van der Waals surface area contributed by atoms with Crippen molar-refractivity contribution in [3.05, 3.63) is 102 Å². The summed E-state index contributed by atoms with van der Waals surface area (Å²) in [6.07, 6.45) is 0. The quantitative estimate of drug-likeness (QED) is 0.345. The van der Waals surface area contributed by atoms with Gasteiger partial charge in [0.15, 0.2) is 30.1 Å². The number of benzene rings is 4. The Balaban J connectivity index is 0.000000190. The smallest absolute Gasteiger partial charge is 0.231 e. The highest BCUT2D eigenvalue weighted by Gasteiger charge is 2.31.